The van der Waals surface area contributed by atoms with Gasteiger partial charge < -0.3 is 15.6 Å². The van der Waals surface area contributed by atoms with Crippen molar-refractivity contribution < 1.29 is 4.79 Å². The fourth-order valence-electron chi connectivity index (χ4n) is 2.83. The molecular formula is C16H24Cl2N4O. The molecule has 3 N–H and O–H groups in total. The average Bonchev–Trinajstić information content (AvgIpc) is 3.27. The van der Waals surface area contributed by atoms with Crippen LogP contribution in [0.5, 0.6) is 0 Å². The lowest BCUT2D eigenvalue weighted by Gasteiger charge is -2.29. The number of aromatic nitrogens is 2. The molecule has 1 fully saturated rings. The minimum Gasteiger partial charge on any atom is -0.349 e. The van der Waals surface area contributed by atoms with E-state index >= 15 is 0 Å². The van der Waals surface area contributed by atoms with Gasteiger partial charge in [-0.25, -0.2) is 4.98 Å². The van der Waals surface area contributed by atoms with Gasteiger partial charge in [0.15, 0.2) is 0 Å². The predicted molar refractivity (Wildman–Crippen MR) is 97.2 cm³/mol. The van der Waals surface area contributed by atoms with Crippen LogP contribution in [0.15, 0.2) is 30.6 Å². The summed E-state index contributed by atoms with van der Waals surface area (Å²) in [4.78, 5) is 16.5. The predicted octanol–water partition coefficient (Wildman–Crippen LogP) is 2.51. The number of nitrogens with two attached hydrogens (primary N) is 1. The highest BCUT2D eigenvalue weighted by Crippen LogP contribution is 2.38. The molecule has 1 heterocycles. The molecule has 23 heavy (non-hydrogen) atoms. The molecule has 1 amide bonds. The molecule has 1 aromatic carbocycles. The normalized spacial score (nSPS) is 16.1. The van der Waals surface area contributed by atoms with Gasteiger partial charge in [-0.3, -0.25) is 4.79 Å². The lowest BCUT2D eigenvalue weighted by Crippen LogP contribution is -2.53. The molecule has 0 bridgehead atoms. The van der Waals surface area contributed by atoms with Gasteiger partial charge in [0.1, 0.15) is 0 Å². The monoisotopic (exact) mass is 358 g/mol. The molecule has 0 spiro atoms. The number of carbonyl (C=O) groups is 1. The minimum absolute atomic E-state index is 0. The molecule has 1 atom stereocenters. The van der Waals surface area contributed by atoms with E-state index in [1.54, 1.807) is 6.33 Å². The summed E-state index contributed by atoms with van der Waals surface area (Å²) in [5, 5.41) is 3.12. The first kappa shape index (κ1) is 19.7. The smallest absolute Gasteiger partial charge is 0.222 e. The van der Waals surface area contributed by atoms with Crippen molar-refractivity contribution in [3.8, 4) is 0 Å². The van der Waals surface area contributed by atoms with Crippen molar-refractivity contribution in [1.82, 2.24) is 14.9 Å². The number of benzene rings is 1. The van der Waals surface area contributed by atoms with Gasteiger partial charge >= 0.3 is 0 Å². The van der Waals surface area contributed by atoms with E-state index < -0.39 is 0 Å². The first-order valence-electron chi connectivity index (χ1n) is 7.53. The number of aryl methyl sites for hydroxylation is 1. The fourth-order valence-corrected chi connectivity index (χ4v) is 2.83. The van der Waals surface area contributed by atoms with Crippen LogP contribution in [0, 0.1) is 5.92 Å². The molecule has 1 aliphatic carbocycles. The van der Waals surface area contributed by atoms with E-state index in [0.29, 0.717) is 25.4 Å². The summed E-state index contributed by atoms with van der Waals surface area (Å²) < 4.78 is 2.02. The van der Waals surface area contributed by atoms with Crippen LogP contribution in [0.25, 0.3) is 11.0 Å². The van der Waals surface area contributed by atoms with Gasteiger partial charge in [-0.2, -0.15) is 0 Å². The molecule has 0 aliphatic heterocycles. The highest BCUT2D eigenvalue weighted by molar-refractivity contribution is 5.85. The maximum absolute atomic E-state index is 12.2. The number of carbonyl (C=O) groups excluding carboxylic acids is 1. The number of hydrogen-bond donors (Lipinski definition) is 2. The number of para-hydroxylation sites is 2. The Hall–Kier alpha value is -1.30. The van der Waals surface area contributed by atoms with Crippen LogP contribution in [-0.2, 0) is 11.3 Å². The van der Waals surface area contributed by atoms with Crippen molar-refractivity contribution >= 4 is 41.8 Å². The molecule has 1 saturated carbocycles. The summed E-state index contributed by atoms with van der Waals surface area (Å²) in [6.07, 6.45) is 4.57. The minimum atomic E-state index is -0.242. The molecule has 1 aliphatic rings. The average molecular weight is 359 g/mol. The molecule has 0 radical (unpaired) electrons. The number of nitrogens with one attached hydrogen (secondary N) is 1. The van der Waals surface area contributed by atoms with Crippen molar-refractivity contribution in [2.24, 2.45) is 11.7 Å². The Morgan fingerprint density at radius 3 is 2.74 bits per heavy atom. The standard InChI is InChI=1S/C16H22N4O.2ClH/c1-16(10-17,12-6-7-12)19-15(21)8-9-20-11-18-13-4-2-3-5-14(13)20;;/h2-5,11-12H,6-10,17H2,1H3,(H,19,21);2*1H. The molecule has 1 aromatic heterocycles. The molecule has 0 saturated heterocycles. The van der Waals surface area contributed by atoms with Gasteiger partial charge in [0.2, 0.25) is 5.91 Å². The number of nitrogens with zero attached hydrogens (tertiary/aromatic N) is 2. The van der Waals surface area contributed by atoms with E-state index in [4.69, 9.17) is 5.73 Å². The van der Waals surface area contributed by atoms with E-state index in [-0.39, 0.29) is 36.3 Å². The zero-order valence-corrected chi connectivity index (χ0v) is 14.8. The van der Waals surface area contributed by atoms with Crippen molar-refractivity contribution in [3.63, 3.8) is 0 Å². The number of rotatable bonds is 6. The van der Waals surface area contributed by atoms with Crippen molar-refractivity contribution in [2.45, 2.75) is 38.3 Å². The van der Waals surface area contributed by atoms with Crippen molar-refractivity contribution in [2.75, 3.05) is 6.54 Å². The number of hydrogen-bond acceptors (Lipinski definition) is 3. The zero-order chi connectivity index (χ0) is 14.9. The van der Waals surface area contributed by atoms with Crippen molar-refractivity contribution in [1.29, 1.82) is 0 Å². The van der Waals surface area contributed by atoms with Crippen molar-refractivity contribution in [3.05, 3.63) is 30.6 Å². The number of fused-ring (bicyclic) bond motifs is 1. The van der Waals surface area contributed by atoms with E-state index in [1.165, 1.54) is 12.8 Å². The third kappa shape index (κ3) is 4.37. The Morgan fingerprint density at radius 1 is 1.39 bits per heavy atom. The second-order valence-corrected chi connectivity index (χ2v) is 6.12. The van der Waals surface area contributed by atoms with Gasteiger partial charge in [0, 0.05) is 19.5 Å². The Balaban J connectivity index is 0.00000132. The van der Waals surface area contributed by atoms with Crippen LogP contribution in [0.3, 0.4) is 0 Å². The summed E-state index contributed by atoms with van der Waals surface area (Å²) in [7, 11) is 0. The second-order valence-electron chi connectivity index (χ2n) is 6.12. The summed E-state index contributed by atoms with van der Waals surface area (Å²) in [5.41, 5.74) is 7.61. The van der Waals surface area contributed by atoms with Gasteiger partial charge in [0.25, 0.3) is 0 Å². The van der Waals surface area contributed by atoms with E-state index in [0.717, 1.165) is 11.0 Å². The third-order valence-electron chi connectivity index (χ3n) is 4.43. The van der Waals surface area contributed by atoms with Gasteiger partial charge in [0.05, 0.1) is 22.9 Å². The number of amides is 1. The Bertz CT molecular complexity index is 656. The highest BCUT2D eigenvalue weighted by Gasteiger charge is 2.41. The highest BCUT2D eigenvalue weighted by atomic mass is 35.5. The van der Waals surface area contributed by atoms with Crippen LogP contribution in [0.2, 0.25) is 0 Å². The largest absolute Gasteiger partial charge is 0.349 e. The third-order valence-corrected chi connectivity index (χ3v) is 4.43. The van der Waals surface area contributed by atoms with E-state index in [1.807, 2.05) is 28.8 Å². The SMILES string of the molecule is CC(CN)(NC(=O)CCn1cnc2ccccc21)C1CC1.Cl.Cl. The molecule has 5 nitrogen and oxygen atoms in total. The van der Waals surface area contributed by atoms with E-state index in [2.05, 4.69) is 17.2 Å². The number of imidazole rings is 1. The molecular weight excluding hydrogens is 335 g/mol. The Kier molecular flexibility index (Phi) is 6.86. The first-order valence-corrected chi connectivity index (χ1v) is 7.53. The number of halogens is 2. The lowest BCUT2D eigenvalue weighted by molar-refractivity contribution is -0.123. The van der Waals surface area contributed by atoms with Crippen LogP contribution < -0.4 is 11.1 Å². The molecule has 7 heteroatoms. The maximum Gasteiger partial charge on any atom is 0.222 e. The quantitative estimate of drug-likeness (QED) is 0.832. The Labute approximate surface area is 148 Å². The second kappa shape index (κ2) is 7.99. The van der Waals surface area contributed by atoms with E-state index in [9.17, 15) is 4.79 Å². The van der Waals surface area contributed by atoms with Gasteiger partial charge in [-0.1, -0.05) is 12.1 Å². The lowest BCUT2D eigenvalue weighted by atomic mass is 9.96. The maximum atomic E-state index is 12.2. The van der Waals surface area contributed by atoms with Crippen LogP contribution >= 0.6 is 24.8 Å². The van der Waals surface area contributed by atoms with Gasteiger partial charge in [-0.05, 0) is 37.8 Å². The Morgan fingerprint density at radius 2 is 2.09 bits per heavy atom. The summed E-state index contributed by atoms with van der Waals surface area (Å²) in [5.74, 6) is 0.605. The topological polar surface area (TPSA) is 72.9 Å². The summed E-state index contributed by atoms with van der Waals surface area (Å²) >= 11 is 0. The summed E-state index contributed by atoms with van der Waals surface area (Å²) in [6, 6.07) is 7.95. The first-order chi connectivity index (χ1) is 10.1. The van der Waals surface area contributed by atoms with Gasteiger partial charge in [-0.15, -0.1) is 24.8 Å². The van der Waals surface area contributed by atoms with Crippen LogP contribution in [0.1, 0.15) is 26.2 Å². The van der Waals surface area contributed by atoms with Crippen LogP contribution in [0.4, 0.5) is 0 Å². The van der Waals surface area contributed by atoms with Crippen LogP contribution in [-0.4, -0.2) is 27.5 Å². The molecule has 2 aromatic rings. The molecule has 128 valence electrons. The summed E-state index contributed by atoms with van der Waals surface area (Å²) in [6.45, 7) is 3.18. The molecule has 3 rings (SSSR count). The fraction of sp³-hybridized carbons (Fsp3) is 0.500. The zero-order valence-electron chi connectivity index (χ0n) is 13.2. The molecule has 1 unspecified atom stereocenters.